The first-order chi connectivity index (χ1) is 14.1. The van der Waals surface area contributed by atoms with Crippen molar-refractivity contribution >= 4 is 35.0 Å². The molecular weight excluding hydrogens is 432 g/mol. The highest BCUT2D eigenvalue weighted by Gasteiger charge is 2.28. The minimum Gasteiger partial charge on any atom is -0.491 e. The van der Waals surface area contributed by atoms with Crippen molar-refractivity contribution in [3.05, 3.63) is 34.3 Å². The summed E-state index contributed by atoms with van der Waals surface area (Å²) in [6.07, 6.45) is 0.750. The predicted octanol–water partition coefficient (Wildman–Crippen LogP) is 4.18. The highest BCUT2D eigenvalue weighted by atomic mass is 35.5. The summed E-state index contributed by atoms with van der Waals surface area (Å²) >= 11 is 7.19. The lowest BCUT2D eigenvalue weighted by Crippen LogP contribution is -2.49. The number of aromatic nitrogens is 1. The Bertz CT molecular complexity index is 926. The minimum atomic E-state index is -1.07. The van der Waals surface area contributed by atoms with Crippen LogP contribution >= 0.6 is 22.9 Å². The van der Waals surface area contributed by atoms with Crippen LogP contribution in [0.2, 0.25) is 4.34 Å². The molecule has 1 aliphatic rings. The molecule has 0 radical (unpaired) electrons. The van der Waals surface area contributed by atoms with Crippen molar-refractivity contribution < 1.29 is 28.9 Å². The summed E-state index contributed by atoms with van der Waals surface area (Å²) in [7, 11) is 0. The van der Waals surface area contributed by atoms with Gasteiger partial charge in [0.1, 0.15) is 33.4 Å². The average molecular weight is 455 g/mol. The van der Waals surface area contributed by atoms with Gasteiger partial charge < -0.3 is 24.2 Å². The van der Waals surface area contributed by atoms with Crippen LogP contribution < -0.4 is 4.74 Å². The standard InChI is InChI=1S/C20H23ClN2O6S/c1-20(2,3)29-19(26)23-4-5-27-15(10-23)11-28-14-7-12(6-13(8-14)18(24)25)17-22-9-16(21)30-17/h6-9,15H,4-5,10-11H2,1-3H3,(H,24,25)/t15-/m0/s1. The largest absolute Gasteiger partial charge is 0.491 e. The summed E-state index contributed by atoms with van der Waals surface area (Å²) in [5.41, 5.74) is 0.101. The van der Waals surface area contributed by atoms with Crippen molar-refractivity contribution in [1.29, 1.82) is 0 Å². The summed E-state index contributed by atoms with van der Waals surface area (Å²) in [6.45, 7) is 6.72. The van der Waals surface area contributed by atoms with Crippen molar-refractivity contribution in [3.8, 4) is 16.3 Å². The Balaban J connectivity index is 1.68. The third-order valence-electron chi connectivity index (χ3n) is 4.10. The second kappa shape index (κ2) is 9.20. The molecule has 162 valence electrons. The quantitative estimate of drug-likeness (QED) is 0.723. The van der Waals surface area contributed by atoms with Gasteiger partial charge in [-0.05, 0) is 39.0 Å². The number of rotatable bonds is 5. The molecule has 1 atom stereocenters. The smallest absolute Gasteiger partial charge is 0.410 e. The fourth-order valence-corrected chi connectivity index (χ4v) is 3.72. The zero-order valence-electron chi connectivity index (χ0n) is 16.9. The number of carboxylic acid groups (broad SMARTS) is 1. The van der Waals surface area contributed by atoms with Crippen LogP contribution in [0.25, 0.3) is 10.6 Å². The highest BCUT2D eigenvalue weighted by molar-refractivity contribution is 7.18. The maximum atomic E-state index is 12.3. The predicted molar refractivity (Wildman–Crippen MR) is 113 cm³/mol. The molecule has 3 rings (SSSR count). The topological polar surface area (TPSA) is 98.2 Å². The number of carboxylic acids is 1. The Labute approximate surface area is 183 Å². The van der Waals surface area contributed by atoms with Crippen LogP contribution in [0.3, 0.4) is 0 Å². The van der Waals surface area contributed by atoms with Crippen LogP contribution in [-0.2, 0) is 9.47 Å². The van der Waals surface area contributed by atoms with E-state index in [0.717, 1.165) is 0 Å². The first-order valence-corrected chi connectivity index (χ1v) is 10.5. The van der Waals surface area contributed by atoms with Crippen LogP contribution in [0.4, 0.5) is 4.79 Å². The summed E-state index contributed by atoms with van der Waals surface area (Å²) in [5, 5.41) is 10.0. The van der Waals surface area contributed by atoms with Gasteiger partial charge in [0.15, 0.2) is 0 Å². The molecule has 1 aromatic carbocycles. The van der Waals surface area contributed by atoms with E-state index in [1.165, 1.54) is 29.7 Å². The van der Waals surface area contributed by atoms with Crippen molar-refractivity contribution in [2.24, 2.45) is 0 Å². The third kappa shape index (κ3) is 6.07. The van der Waals surface area contributed by atoms with Crippen LogP contribution in [0, 0.1) is 0 Å². The molecular formula is C20H23ClN2O6S. The van der Waals surface area contributed by atoms with E-state index in [-0.39, 0.29) is 18.3 Å². The van der Waals surface area contributed by atoms with Gasteiger partial charge in [0.05, 0.1) is 24.9 Å². The lowest BCUT2D eigenvalue weighted by molar-refractivity contribution is -0.0557. The van der Waals surface area contributed by atoms with E-state index in [1.54, 1.807) is 11.0 Å². The number of carbonyl (C=O) groups excluding carboxylic acids is 1. The number of benzene rings is 1. The fraction of sp³-hybridized carbons (Fsp3) is 0.450. The summed E-state index contributed by atoms with van der Waals surface area (Å²) in [6, 6.07) is 4.66. The molecule has 0 aliphatic carbocycles. The number of carbonyl (C=O) groups is 2. The molecule has 0 spiro atoms. The van der Waals surface area contributed by atoms with E-state index in [1.807, 2.05) is 20.8 Å². The number of thiazole rings is 1. The Morgan fingerprint density at radius 3 is 2.77 bits per heavy atom. The van der Waals surface area contributed by atoms with E-state index >= 15 is 0 Å². The van der Waals surface area contributed by atoms with Crippen molar-refractivity contribution in [2.45, 2.75) is 32.5 Å². The average Bonchev–Trinajstić information content (AvgIpc) is 3.11. The third-order valence-corrected chi connectivity index (χ3v) is 5.27. The van der Waals surface area contributed by atoms with E-state index in [0.29, 0.717) is 40.4 Å². The second-order valence-corrected chi connectivity index (χ2v) is 9.41. The maximum Gasteiger partial charge on any atom is 0.410 e. The molecule has 0 saturated carbocycles. The van der Waals surface area contributed by atoms with E-state index in [9.17, 15) is 14.7 Å². The SMILES string of the molecule is CC(C)(C)OC(=O)N1CCO[C@H](COc2cc(C(=O)O)cc(-c3ncc(Cl)s3)c2)C1. The maximum absolute atomic E-state index is 12.3. The van der Waals surface area contributed by atoms with Gasteiger partial charge in [-0.2, -0.15) is 0 Å². The molecule has 0 unspecified atom stereocenters. The molecule has 30 heavy (non-hydrogen) atoms. The number of nitrogens with zero attached hydrogens (tertiary/aromatic N) is 2. The number of halogens is 1. The van der Waals surface area contributed by atoms with E-state index < -0.39 is 17.7 Å². The first-order valence-electron chi connectivity index (χ1n) is 9.33. The van der Waals surface area contributed by atoms with Gasteiger partial charge in [-0.3, -0.25) is 0 Å². The fourth-order valence-electron chi connectivity index (χ4n) is 2.82. The van der Waals surface area contributed by atoms with Crippen LogP contribution in [0.1, 0.15) is 31.1 Å². The molecule has 2 heterocycles. The molecule has 8 nitrogen and oxygen atoms in total. The van der Waals surface area contributed by atoms with Gasteiger partial charge in [0.2, 0.25) is 0 Å². The number of ether oxygens (including phenoxy) is 3. The number of morpholine rings is 1. The Morgan fingerprint density at radius 2 is 2.13 bits per heavy atom. The van der Waals surface area contributed by atoms with E-state index in [2.05, 4.69) is 4.98 Å². The molecule has 1 N–H and O–H groups in total. The van der Waals surface area contributed by atoms with Gasteiger partial charge in [0.25, 0.3) is 0 Å². The highest BCUT2D eigenvalue weighted by Crippen LogP contribution is 2.31. The number of aromatic carboxylic acids is 1. The van der Waals surface area contributed by atoms with Gasteiger partial charge in [0, 0.05) is 12.1 Å². The Kier molecular flexibility index (Phi) is 6.84. The molecule has 1 amide bonds. The molecule has 0 bridgehead atoms. The second-order valence-electron chi connectivity index (χ2n) is 7.75. The number of hydrogen-bond donors (Lipinski definition) is 1. The molecule has 2 aromatic rings. The molecule has 1 aromatic heterocycles. The van der Waals surface area contributed by atoms with Crippen molar-refractivity contribution in [3.63, 3.8) is 0 Å². The van der Waals surface area contributed by atoms with Crippen molar-refractivity contribution in [1.82, 2.24) is 9.88 Å². The number of amides is 1. The molecule has 1 aliphatic heterocycles. The summed E-state index contributed by atoms with van der Waals surface area (Å²) in [5.74, 6) is -0.705. The minimum absolute atomic E-state index is 0.0776. The first kappa shape index (κ1) is 22.3. The zero-order valence-corrected chi connectivity index (χ0v) is 18.5. The lowest BCUT2D eigenvalue weighted by Gasteiger charge is -2.34. The Hall–Kier alpha value is -2.36. The van der Waals surface area contributed by atoms with Gasteiger partial charge in [-0.1, -0.05) is 11.6 Å². The lowest BCUT2D eigenvalue weighted by atomic mass is 10.1. The Morgan fingerprint density at radius 1 is 1.37 bits per heavy atom. The normalized spacial score (nSPS) is 16.9. The van der Waals surface area contributed by atoms with Gasteiger partial charge in [-0.15, -0.1) is 11.3 Å². The molecule has 1 saturated heterocycles. The van der Waals surface area contributed by atoms with Gasteiger partial charge in [-0.25, -0.2) is 14.6 Å². The van der Waals surface area contributed by atoms with Crippen LogP contribution in [0.5, 0.6) is 5.75 Å². The van der Waals surface area contributed by atoms with Crippen LogP contribution in [0.15, 0.2) is 24.4 Å². The van der Waals surface area contributed by atoms with Gasteiger partial charge >= 0.3 is 12.1 Å². The van der Waals surface area contributed by atoms with E-state index in [4.69, 9.17) is 25.8 Å². The monoisotopic (exact) mass is 454 g/mol. The summed E-state index contributed by atoms with van der Waals surface area (Å²) < 4.78 is 17.4. The van der Waals surface area contributed by atoms with Crippen molar-refractivity contribution in [2.75, 3.05) is 26.3 Å². The number of hydrogen-bond acceptors (Lipinski definition) is 7. The van der Waals surface area contributed by atoms with Crippen LogP contribution in [-0.4, -0.2) is 65.1 Å². The summed E-state index contributed by atoms with van der Waals surface area (Å²) in [4.78, 5) is 29.6. The molecule has 10 heteroatoms. The molecule has 1 fully saturated rings. The zero-order chi connectivity index (χ0) is 21.9.